The summed E-state index contributed by atoms with van der Waals surface area (Å²) in [5.74, 6) is 0.0968. The van der Waals surface area contributed by atoms with Crippen LogP contribution >= 0.6 is 0 Å². The largest absolute Gasteiger partial charge is 0.378 e. The highest BCUT2D eigenvalue weighted by molar-refractivity contribution is 5.78. The lowest BCUT2D eigenvalue weighted by Crippen LogP contribution is -2.48. The van der Waals surface area contributed by atoms with Gasteiger partial charge in [-0.3, -0.25) is 4.79 Å². The van der Waals surface area contributed by atoms with E-state index < -0.39 is 0 Å². The average Bonchev–Trinajstić information content (AvgIpc) is 2.92. The zero-order chi connectivity index (χ0) is 10.9. The number of rotatable bonds is 5. The summed E-state index contributed by atoms with van der Waals surface area (Å²) >= 11 is 0. The second-order valence-corrected chi connectivity index (χ2v) is 4.95. The van der Waals surface area contributed by atoms with Crippen LogP contribution in [-0.4, -0.2) is 30.7 Å². The standard InChI is InChI=1S/C11H20N2O2/c1-15-11(3-2-4-11)7-9(14)13-10(8-12)5-6-10/h2-8,12H2,1H3,(H,13,14). The molecular formula is C11H20N2O2. The van der Waals surface area contributed by atoms with Gasteiger partial charge in [-0.25, -0.2) is 0 Å². The van der Waals surface area contributed by atoms with Crippen LogP contribution in [0, 0.1) is 0 Å². The maximum atomic E-state index is 11.8. The second-order valence-electron chi connectivity index (χ2n) is 4.95. The van der Waals surface area contributed by atoms with Gasteiger partial charge >= 0.3 is 0 Å². The van der Waals surface area contributed by atoms with E-state index in [2.05, 4.69) is 5.32 Å². The SMILES string of the molecule is COC1(CC(=O)NC2(CN)CC2)CCC1. The second kappa shape index (κ2) is 3.76. The summed E-state index contributed by atoms with van der Waals surface area (Å²) in [6, 6.07) is 0. The van der Waals surface area contributed by atoms with Crippen molar-refractivity contribution in [1.29, 1.82) is 0 Å². The summed E-state index contributed by atoms with van der Waals surface area (Å²) in [5.41, 5.74) is 5.37. The van der Waals surface area contributed by atoms with Crippen LogP contribution in [0.5, 0.6) is 0 Å². The first-order valence-electron chi connectivity index (χ1n) is 5.70. The first-order valence-corrected chi connectivity index (χ1v) is 5.70. The quantitative estimate of drug-likeness (QED) is 0.699. The van der Waals surface area contributed by atoms with E-state index in [-0.39, 0.29) is 17.0 Å². The molecule has 0 spiro atoms. The van der Waals surface area contributed by atoms with Crippen LogP contribution in [0.2, 0.25) is 0 Å². The molecule has 0 unspecified atom stereocenters. The minimum Gasteiger partial charge on any atom is -0.378 e. The molecule has 0 aromatic rings. The number of amides is 1. The van der Waals surface area contributed by atoms with E-state index in [1.54, 1.807) is 7.11 Å². The summed E-state index contributed by atoms with van der Waals surface area (Å²) in [6.07, 6.45) is 5.72. The van der Waals surface area contributed by atoms with Crippen molar-refractivity contribution >= 4 is 5.91 Å². The molecular weight excluding hydrogens is 192 g/mol. The fraction of sp³-hybridized carbons (Fsp3) is 0.909. The lowest BCUT2D eigenvalue weighted by atomic mass is 9.77. The van der Waals surface area contributed by atoms with Crippen LogP contribution in [0.1, 0.15) is 38.5 Å². The van der Waals surface area contributed by atoms with Gasteiger partial charge in [0.15, 0.2) is 0 Å². The molecule has 4 heteroatoms. The number of nitrogens with two attached hydrogens (primary N) is 1. The van der Waals surface area contributed by atoms with Crippen LogP contribution < -0.4 is 11.1 Å². The predicted molar refractivity (Wildman–Crippen MR) is 57.4 cm³/mol. The normalized spacial score (nSPS) is 25.5. The van der Waals surface area contributed by atoms with Crippen molar-refractivity contribution in [2.75, 3.05) is 13.7 Å². The Balaban J connectivity index is 1.82. The van der Waals surface area contributed by atoms with Gasteiger partial charge in [0, 0.05) is 13.7 Å². The Morgan fingerprint density at radius 1 is 1.40 bits per heavy atom. The summed E-state index contributed by atoms with van der Waals surface area (Å²) in [6.45, 7) is 0.554. The summed E-state index contributed by atoms with van der Waals surface area (Å²) in [7, 11) is 1.70. The third-order valence-electron chi connectivity index (χ3n) is 3.83. The molecule has 0 aromatic carbocycles. The van der Waals surface area contributed by atoms with E-state index in [0.717, 1.165) is 25.7 Å². The molecule has 2 aliphatic rings. The number of carbonyl (C=O) groups is 1. The molecule has 0 heterocycles. The zero-order valence-corrected chi connectivity index (χ0v) is 9.34. The first-order chi connectivity index (χ1) is 7.14. The van der Waals surface area contributed by atoms with E-state index in [9.17, 15) is 4.79 Å². The highest BCUT2D eigenvalue weighted by Crippen LogP contribution is 2.39. The molecule has 2 aliphatic carbocycles. The van der Waals surface area contributed by atoms with Crippen molar-refractivity contribution < 1.29 is 9.53 Å². The average molecular weight is 212 g/mol. The van der Waals surface area contributed by atoms with Crippen molar-refractivity contribution in [3.05, 3.63) is 0 Å². The maximum absolute atomic E-state index is 11.8. The summed E-state index contributed by atoms with van der Waals surface area (Å²) in [5, 5.41) is 3.03. The molecule has 0 bridgehead atoms. The van der Waals surface area contributed by atoms with Gasteiger partial charge in [-0.15, -0.1) is 0 Å². The lowest BCUT2D eigenvalue weighted by Gasteiger charge is -2.40. The summed E-state index contributed by atoms with van der Waals surface area (Å²) in [4.78, 5) is 11.8. The molecule has 4 nitrogen and oxygen atoms in total. The van der Waals surface area contributed by atoms with Crippen LogP contribution in [0.15, 0.2) is 0 Å². The predicted octanol–water partition coefficient (Wildman–Crippen LogP) is 0.553. The fourth-order valence-electron chi connectivity index (χ4n) is 2.19. The van der Waals surface area contributed by atoms with Crippen molar-refractivity contribution in [3.63, 3.8) is 0 Å². The summed E-state index contributed by atoms with van der Waals surface area (Å²) < 4.78 is 5.42. The number of nitrogens with one attached hydrogen (secondary N) is 1. The number of carbonyl (C=O) groups excluding carboxylic acids is 1. The number of hydrogen-bond acceptors (Lipinski definition) is 3. The van der Waals surface area contributed by atoms with Crippen LogP contribution in [0.3, 0.4) is 0 Å². The van der Waals surface area contributed by atoms with Crippen LogP contribution in [-0.2, 0) is 9.53 Å². The fourth-order valence-corrected chi connectivity index (χ4v) is 2.19. The molecule has 1 amide bonds. The molecule has 86 valence electrons. The molecule has 2 rings (SSSR count). The molecule has 0 radical (unpaired) electrons. The van der Waals surface area contributed by atoms with Gasteiger partial charge in [0.2, 0.25) is 5.91 Å². The minimum absolute atomic E-state index is 0.0736. The lowest BCUT2D eigenvalue weighted by molar-refractivity contribution is -0.135. The zero-order valence-electron chi connectivity index (χ0n) is 9.34. The van der Waals surface area contributed by atoms with E-state index >= 15 is 0 Å². The number of hydrogen-bond donors (Lipinski definition) is 2. The molecule has 2 saturated carbocycles. The molecule has 3 N–H and O–H groups in total. The Hall–Kier alpha value is -0.610. The Labute approximate surface area is 90.5 Å². The van der Waals surface area contributed by atoms with Gasteiger partial charge in [0.05, 0.1) is 17.6 Å². The van der Waals surface area contributed by atoms with Gasteiger partial charge in [-0.05, 0) is 32.1 Å². The van der Waals surface area contributed by atoms with Crippen molar-refractivity contribution in [2.45, 2.75) is 49.7 Å². The van der Waals surface area contributed by atoms with Crippen molar-refractivity contribution in [1.82, 2.24) is 5.32 Å². The van der Waals surface area contributed by atoms with Crippen LogP contribution in [0.4, 0.5) is 0 Å². The van der Waals surface area contributed by atoms with Gasteiger partial charge in [-0.1, -0.05) is 0 Å². The Kier molecular flexibility index (Phi) is 2.73. The molecule has 15 heavy (non-hydrogen) atoms. The van der Waals surface area contributed by atoms with E-state index in [0.29, 0.717) is 13.0 Å². The van der Waals surface area contributed by atoms with Gasteiger partial charge < -0.3 is 15.8 Å². The van der Waals surface area contributed by atoms with Crippen LogP contribution in [0.25, 0.3) is 0 Å². The number of ether oxygens (including phenoxy) is 1. The molecule has 0 aliphatic heterocycles. The smallest absolute Gasteiger partial charge is 0.223 e. The first kappa shape index (κ1) is 10.9. The van der Waals surface area contributed by atoms with Gasteiger partial charge in [0.1, 0.15) is 0 Å². The highest BCUT2D eigenvalue weighted by atomic mass is 16.5. The van der Waals surface area contributed by atoms with Gasteiger partial charge in [-0.2, -0.15) is 0 Å². The Bertz CT molecular complexity index is 252. The van der Waals surface area contributed by atoms with Crippen molar-refractivity contribution in [2.24, 2.45) is 5.73 Å². The van der Waals surface area contributed by atoms with Crippen molar-refractivity contribution in [3.8, 4) is 0 Å². The third kappa shape index (κ3) is 2.16. The Morgan fingerprint density at radius 3 is 2.40 bits per heavy atom. The highest BCUT2D eigenvalue weighted by Gasteiger charge is 2.45. The van der Waals surface area contributed by atoms with E-state index in [1.165, 1.54) is 6.42 Å². The monoisotopic (exact) mass is 212 g/mol. The van der Waals surface area contributed by atoms with E-state index in [4.69, 9.17) is 10.5 Å². The molecule has 0 aromatic heterocycles. The molecule has 0 atom stereocenters. The molecule has 0 saturated heterocycles. The Morgan fingerprint density at radius 2 is 2.07 bits per heavy atom. The van der Waals surface area contributed by atoms with E-state index in [1.807, 2.05) is 0 Å². The topological polar surface area (TPSA) is 64.3 Å². The maximum Gasteiger partial charge on any atom is 0.223 e. The third-order valence-corrected chi connectivity index (χ3v) is 3.83. The van der Waals surface area contributed by atoms with Gasteiger partial charge in [0.25, 0.3) is 0 Å². The minimum atomic E-state index is -0.172. The molecule has 2 fully saturated rings. The number of methoxy groups -OCH3 is 1.